The first-order valence-corrected chi connectivity index (χ1v) is 4.20. The van der Waals surface area contributed by atoms with Gasteiger partial charge in [0.25, 0.3) is 0 Å². The van der Waals surface area contributed by atoms with Gasteiger partial charge in [0.05, 0.1) is 0 Å². The largest absolute Gasteiger partial charge is 0.370 e. The predicted octanol–water partition coefficient (Wildman–Crippen LogP) is 0.250. The lowest BCUT2D eigenvalue weighted by Gasteiger charge is -2.26. The van der Waals surface area contributed by atoms with E-state index >= 15 is 0 Å². The molecule has 0 aromatic rings. The van der Waals surface area contributed by atoms with Gasteiger partial charge in [0.15, 0.2) is 0 Å². The van der Waals surface area contributed by atoms with Crippen molar-refractivity contribution in [2.75, 3.05) is 6.54 Å². The Hall–Kier alpha value is -0.570. The summed E-state index contributed by atoms with van der Waals surface area (Å²) in [6, 6.07) is 0.610. The summed E-state index contributed by atoms with van der Waals surface area (Å²) in [5.74, 6) is 0.301. The zero-order valence-electron chi connectivity index (χ0n) is 6.97. The number of hydrogen-bond acceptors (Lipinski definition) is 2. The van der Waals surface area contributed by atoms with Crippen LogP contribution >= 0.6 is 0 Å². The van der Waals surface area contributed by atoms with Gasteiger partial charge in [0.2, 0.25) is 5.91 Å². The number of rotatable bonds is 2. The fourth-order valence-corrected chi connectivity index (χ4v) is 1.52. The van der Waals surface area contributed by atoms with Crippen molar-refractivity contribution in [3.63, 3.8) is 0 Å². The Morgan fingerprint density at radius 2 is 2.36 bits per heavy atom. The fraction of sp³-hybridized carbons (Fsp3) is 0.875. The molecule has 1 fully saturated rings. The van der Waals surface area contributed by atoms with Gasteiger partial charge in [-0.2, -0.15) is 0 Å². The summed E-state index contributed by atoms with van der Waals surface area (Å²) >= 11 is 0. The van der Waals surface area contributed by atoms with E-state index in [1.54, 1.807) is 0 Å². The first-order valence-electron chi connectivity index (χ1n) is 4.20. The Bertz CT molecular complexity index is 139. The predicted molar refractivity (Wildman–Crippen MR) is 44.0 cm³/mol. The number of piperidine rings is 1. The van der Waals surface area contributed by atoms with Gasteiger partial charge in [-0.05, 0) is 32.2 Å². The van der Waals surface area contributed by atoms with E-state index in [1.165, 1.54) is 0 Å². The Morgan fingerprint density at radius 3 is 2.82 bits per heavy atom. The van der Waals surface area contributed by atoms with Crippen LogP contribution in [0.2, 0.25) is 0 Å². The number of primary amides is 1. The molecule has 2 unspecified atom stereocenters. The lowest BCUT2D eigenvalue weighted by Crippen LogP contribution is -2.38. The van der Waals surface area contributed by atoms with Crippen LogP contribution < -0.4 is 11.1 Å². The maximum absolute atomic E-state index is 10.5. The van der Waals surface area contributed by atoms with Gasteiger partial charge < -0.3 is 11.1 Å². The van der Waals surface area contributed by atoms with E-state index in [0.717, 1.165) is 19.4 Å². The standard InChI is InChI=1S/C8H16N2O/c1-6-2-3-7(5-10-6)4-8(9)11/h6-7,10H,2-5H2,1H3,(H2,9,11). The van der Waals surface area contributed by atoms with E-state index in [9.17, 15) is 4.79 Å². The summed E-state index contributed by atoms with van der Waals surface area (Å²) in [6.45, 7) is 3.12. The second-order valence-corrected chi connectivity index (χ2v) is 3.42. The van der Waals surface area contributed by atoms with Crippen molar-refractivity contribution < 1.29 is 4.79 Å². The Kier molecular flexibility index (Phi) is 2.88. The van der Waals surface area contributed by atoms with E-state index in [0.29, 0.717) is 18.4 Å². The lowest BCUT2D eigenvalue weighted by molar-refractivity contribution is -0.119. The van der Waals surface area contributed by atoms with Crippen molar-refractivity contribution in [2.24, 2.45) is 11.7 Å². The van der Waals surface area contributed by atoms with Gasteiger partial charge in [-0.15, -0.1) is 0 Å². The molecular formula is C8H16N2O. The molecule has 2 atom stereocenters. The Balaban J connectivity index is 2.22. The van der Waals surface area contributed by atoms with E-state index < -0.39 is 0 Å². The molecule has 3 heteroatoms. The van der Waals surface area contributed by atoms with Crippen LogP contribution in [0.25, 0.3) is 0 Å². The highest BCUT2D eigenvalue weighted by Crippen LogP contribution is 2.16. The summed E-state index contributed by atoms with van der Waals surface area (Å²) in [4.78, 5) is 10.5. The SMILES string of the molecule is CC1CCC(CC(N)=O)CN1. The highest BCUT2D eigenvalue weighted by Gasteiger charge is 2.18. The minimum atomic E-state index is -0.175. The van der Waals surface area contributed by atoms with E-state index in [2.05, 4.69) is 12.2 Å². The summed E-state index contributed by atoms with van der Waals surface area (Å²) in [5.41, 5.74) is 5.09. The molecule has 0 spiro atoms. The average Bonchev–Trinajstić information content (AvgIpc) is 1.93. The summed E-state index contributed by atoms with van der Waals surface area (Å²) in [7, 11) is 0. The van der Waals surface area contributed by atoms with Crippen LogP contribution in [0.1, 0.15) is 26.2 Å². The number of nitrogens with two attached hydrogens (primary N) is 1. The molecule has 0 aromatic carbocycles. The zero-order valence-corrected chi connectivity index (χ0v) is 6.97. The summed E-state index contributed by atoms with van der Waals surface area (Å²) < 4.78 is 0. The summed E-state index contributed by atoms with van der Waals surface area (Å²) in [6.07, 6.45) is 2.84. The van der Waals surface area contributed by atoms with Crippen LogP contribution in [0.5, 0.6) is 0 Å². The number of amides is 1. The van der Waals surface area contributed by atoms with Gasteiger partial charge in [-0.3, -0.25) is 4.79 Å². The maximum Gasteiger partial charge on any atom is 0.217 e. The lowest BCUT2D eigenvalue weighted by atomic mass is 9.93. The van der Waals surface area contributed by atoms with Crippen LogP contribution in [0, 0.1) is 5.92 Å². The topological polar surface area (TPSA) is 55.1 Å². The van der Waals surface area contributed by atoms with Crippen molar-refractivity contribution in [3.05, 3.63) is 0 Å². The number of carbonyl (C=O) groups is 1. The van der Waals surface area contributed by atoms with E-state index in [1.807, 2.05) is 0 Å². The molecule has 64 valence electrons. The van der Waals surface area contributed by atoms with Crippen molar-refractivity contribution in [1.29, 1.82) is 0 Å². The summed E-state index contributed by atoms with van der Waals surface area (Å²) in [5, 5.41) is 3.33. The minimum Gasteiger partial charge on any atom is -0.370 e. The number of nitrogens with one attached hydrogen (secondary N) is 1. The Labute approximate surface area is 67.3 Å². The average molecular weight is 156 g/mol. The number of hydrogen-bond donors (Lipinski definition) is 2. The normalized spacial score (nSPS) is 31.7. The molecule has 0 saturated carbocycles. The van der Waals surface area contributed by atoms with E-state index in [-0.39, 0.29) is 5.91 Å². The molecule has 3 nitrogen and oxygen atoms in total. The van der Waals surface area contributed by atoms with E-state index in [4.69, 9.17) is 5.73 Å². The molecule has 1 saturated heterocycles. The monoisotopic (exact) mass is 156 g/mol. The molecule has 1 heterocycles. The maximum atomic E-state index is 10.5. The third-order valence-electron chi connectivity index (χ3n) is 2.25. The van der Waals surface area contributed by atoms with Gasteiger partial charge in [0, 0.05) is 12.5 Å². The first kappa shape index (κ1) is 8.53. The van der Waals surface area contributed by atoms with Gasteiger partial charge in [-0.1, -0.05) is 0 Å². The van der Waals surface area contributed by atoms with Gasteiger partial charge in [0.1, 0.15) is 0 Å². The third kappa shape index (κ3) is 2.89. The fourth-order valence-electron chi connectivity index (χ4n) is 1.52. The molecule has 1 aliphatic rings. The minimum absolute atomic E-state index is 0.175. The molecule has 0 aliphatic carbocycles. The zero-order chi connectivity index (χ0) is 8.27. The molecule has 11 heavy (non-hydrogen) atoms. The molecular weight excluding hydrogens is 140 g/mol. The van der Waals surface area contributed by atoms with Gasteiger partial charge in [-0.25, -0.2) is 0 Å². The molecule has 0 aromatic heterocycles. The molecule has 3 N–H and O–H groups in total. The van der Waals surface area contributed by atoms with Crippen molar-refractivity contribution in [1.82, 2.24) is 5.32 Å². The smallest absolute Gasteiger partial charge is 0.217 e. The highest BCUT2D eigenvalue weighted by atomic mass is 16.1. The molecule has 1 aliphatic heterocycles. The number of carbonyl (C=O) groups excluding carboxylic acids is 1. The third-order valence-corrected chi connectivity index (χ3v) is 2.25. The van der Waals surface area contributed by atoms with Gasteiger partial charge >= 0.3 is 0 Å². The second-order valence-electron chi connectivity index (χ2n) is 3.42. The first-order chi connectivity index (χ1) is 5.18. The van der Waals surface area contributed by atoms with Crippen LogP contribution in [0.15, 0.2) is 0 Å². The molecule has 1 rings (SSSR count). The molecule has 1 amide bonds. The molecule has 0 bridgehead atoms. The second kappa shape index (κ2) is 3.72. The van der Waals surface area contributed by atoms with Crippen LogP contribution in [0.4, 0.5) is 0 Å². The Morgan fingerprint density at radius 1 is 1.64 bits per heavy atom. The quantitative estimate of drug-likeness (QED) is 0.602. The van der Waals surface area contributed by atoms with Crippen molar-refractivity contribution in [3.8, 4) is 0 Å². The van der Waals surface area contributed by atoms with Crippen LogP contribution in [-0.4, -0.2) is 18.5 Å². The van der Waals surface area contributed by atoms with Crippen LogP contribution in [-0.2, 0) is 4.79 Å². The molecule has 0 radical (unpaired) electrons. The van der Waals surface area contributed by atoms with Crippen LogP contribution in [0.3, 0.4) is 0 Å². The highest BCUT2D eigenvalue weighted by molar-refractivity contribution is 5.74. The van der Waals surface area contributed by atoms with Crippen molar-refractivity contribution >= 4 is 5.91 Å². The van der Waals surface area contributed by atoms with Crippen molar-refractivity contribution in [2.45, 2.75) is 32.2 Å².